The summed E-state index contributed by atoms with van der Waals surface area (Å²) >= 11 is 0. The molecule has 1 aliphatic heterocycles. The minimum Gasteiger partial charge on any atom is -0.463 e. The molecular weight excluding hydrogens is 368 g/mol. The number of hydrogen-bond acceptors (Lipinski definition) is 6. The number of cyclic esters (lactones) is 1. The molecule has 27 heavy (non-hydrogen) atoms. The van der Waals surface area contributed by atoms with E-state index in [4.69, 9.17) is 14.2 Å². The number of rotatable bonds is 6. The molecule has 7 heteroatoms. The van der Waals surface area contributed by atoms with Crippen molar-refractivity contribution < 1.29 is 28.0 Å². The lowest BCUT2D eigenvalue weighted by Gasteiger charge is -2.30. The number of fused-ring (bicyclic) bond motifs is 1. The molecule has 0 saturated carbocycles. The predicted octanol–water partition coefficient (Wildman–Crippen LogP) is 2.52. The van der Waals surface area contributed by atoms with Gasteiger partial charge in [0.25, 0.3) is 0 Å². The summed E-state index contributed by atoms with van der Waals surface area (Å²) in [5, 5.41) is 0. The topological polar surface area (TPSA) is 78.9 Å². The summed E-state index contributed by atoms with van der Waals surface area (Å²) in [6.45, 7) is 7.70. The maximum Gasteiger partial charge on any atom is 0.334 e. The molecule has 0 radical (unpaired) electrons. The molecule has 0 bridgehead atoms. The van der Waals surface area contributed by atoms with Gasteiger partial charge < -0.3 is 14.2 Å². The first-order valence-electron chi connectivity index (χ1n) is 9.07. The summed E-state index contributed by atoms with van der Waals surface area (Å²) in [5.41, 5.74) is 1.32. The van der Waals surface area contributed by atoms with E-state index < -0.39 is 45.6 Å². The molecule has 5 atom stereocenters. The zero-order valence-corrected chi connectivity index (χ0v) is 16.7. The Hall–Kier alpha value is -1.99. The quantitative estimate of drug-likeness (QED) is 0.692. The Balaban J connectivity index is 2.10. The number of hydrogen-bond donors (Lipinski definition) is 0. The molecule has 2 aliphatic rings. The third-order valence-corrected chi connectivity index (χ3v) is 7.21. The molecule has 1 fully saturated rings. The van der Waals surface area contributed by atoms with Gasteiger partial charge in [0.1, 0.15) is 0 Å². The molecule has 1 saturated heterocycles. The predicted molar refractivity (Wildman–Crippen MR) is 99.2 cm³/mol. The highest BCUT2D eigenvalue weighted by Gasteiger charge is 2.69. The lowest BCUT2D eigenvalue weighted by Crippen LogP contribution is -2.49. The Morgan fingerprint density at radius 1 is 1.22 bits per heavy atom. The number of benzene rings is 1. The van der Waals surface area contributed by atoms with Crippen molar-refractivity contribution in [3.63, 3.8) is 0 Å². The average molecular weight is 392 g/mol. The normalized spacial score (nSPS) is 30.4. The zero-order valence-electron chi connectivity index (χ0n) is 15.9. The van der Waals surface area contributed by atoms with E-state index in [1.807, 2.05) is 19.1 Å². The number of carbonyl (C=O) groups excluding carboxylic acids is 2. The van der Waals surface area contributed by atoms with Gasteiger partial charge in [0.2, 0.25) is 6.29 Å². The molecule has 0 N–H and O–H groups in total. The number of carbonyl (C=O) groups is 2. The molecule has 0 aromatic heterocycles. The smallest absolute Gasteiger partial charge is 0.334 e. The van der Waals surface area contributed by atoms with Gasteiger partial charge in [-0.15, -0.1) is 0 Å². The van der Waals surface area contributed by atoms with Crippen LogP contribution >= 0.6 is 0 Å². The number of allylic oxidation sites excluding steroid dienone is 1. The summed E-state index contributed by atoms with van der Waals surface area (Å²) < 4.78 is 28.4. The molecule has 1 aromatic carbocycles. The molecule has 146 valence electrons. The van der Waals surface area contributed by atoms with Gasteiger partial charge in [-0.3, -0.25) is 9.00 Å². The highest BCUT2D eigenvalue weighted by Crippen LogP contribution is 2.53. The molecule has 0 unspecified atom stereocenters. The first kappa shape index (κ1) is 19.8. The fourth-order valence-electron chi connectivity index (χ4n) is 3.86. The van der Waals surface area contributed by atoms with E-state index in [2.05, 4.69) is 0 Å². The van der Waals surface area contributed by atoms with Gasteiger partial charge >= 0.3 is 11.9 Å². The van der Waals surface area contributed by atoms with Crippen LogP contribution in [0.3, 0.4) is 0 Å². The van der Waals surface area contributed by atoms with E-state index in [1.165, 1.54) is 0 Å². The van der Waals surface area contributed by atoms with Crippen LogP contribution in [0, 0.1) is 18.8 Å². The van der Waals surface area contributed by atoms with Crippen LogP contribution in [0.4, 0.5) is 0 Å². The Morgan fingerprint density at radius 2 is 1.89 bits per heavy atom. The average Bonchev–Trinajstić information content (AvgIpc) is 3.10. The molecule has 0 amide bonds. The maximum atomic E-state index is 13.6. The van der Waals surface area contributed by atoms with Crippen LogP contribution in [-0.2, 0) is 34.6 Å². The van der Waals surface area contributed by atoms with E-state index >= 15 is 0 Å². The van der Waals surface area contributed by atoms with Crippen molar-refractivity contribution in [1.82, 2.24) is 0 Å². The second-order valence-corrected chi connectivity index (χ2v) is 8.40. The first-order chi connectivity index (χ1) is 12.9. The monoisotopic (exact) mass is 392 g/mol. The third kappa shape index (κ3) is 3.02. The van der Waals surface area contributed by atoms with E-state index in [0.717, 1.165) is 5.56 Å². The van der Waals surface area contributed by atoms with E-state index in [1.54, 1.807) is 39.0 Å². The van der Waals surface area contributed by atoms with Crippen molar-refractivity contribution in [2.45, 2.75) is 43.6 Å². The summed E-state index contributed by atoms with van der Waals surface area (Å²) in [7, 11) is -1.73. The van der Waals surface area contributed by atoms with Crippen LogP contribution in [0.15, 0.2) is 40.8 Å². The minimum atomic E-state index is -1.73. The number of aryl methyl sites for hydroxylation is 1. The maximum absolute atomic E-state index is 13.6. The fourth-order valence-corrected chi connectivity index (χ4v) is 5.71. The SMILES string of the molecule is CCOC(=O)C1=C[C@H](C)[C@]2([S@@](=O)c3ccc(C)cc3)C(=O)O[C@@H](OCC)[C@H]12. The Bertz CT molecular complexity index is 799. The van der Waals surface area contributed by atoms with Gasteiger partial charge in [-0.1, -0.05) is 30.7 Å². The molecular formula is C20H24O6S. The summed E-state index contributed by atoms with van der Waals surface area (Å²) in [4.78, 5) is 26.0. The van der Waals surface area contributed by atoms with Crippen LogP contribution in [0.5, 0.6) is 0 Å². The number of esters is 2. The van der Waals surface area contributed by atoms with E-state index in [0.29, 0.717) is 17.1 Å². The molecule has 0 spiro atoms. The molecule has 1 heterocycles. The van der Waals surface area contributed by atoms with Gasteiger partial charge in [0, 0.05) is 23.0 Å². The van der Waals surface area contributed by atoms with E-state index in [9.17, 15) is 13.8 Å². The lowest BCUT2D eigenvalue weighted by atomic mass is 9.87. The Morgan fingerprint density at radius 3 is 2.48 bits per heavy atom. The van der Waals surface area contributed by atoms with Gasteiger partial charge in [0.15, 0.2) is 4.75 Å². The minimum absolute atomic E-state index is 0.208. The Kier molecular flexibility index (Phi) is 5.53. The van der Waals surface area contributed by atoms with Crippen molar-refractivity contribution in [2.75, 3.05) is 13.2 Å². The second-order valence-electron chi connectivity index (χ2n) is 6.71. The zero-order chi connectivity index (χ0) is 19.8. The van der Waals surface area contributed by atoms with Crippen LogP contribution in [0.1, 0.15) is 26.3 Å². The molecule has 1 aliphatic carbocycles. The summed E-state index contributed by atoms with van der Waals surface area (Å²) in [6.07, 6.45) is 0.721. The molecule has 6 nitrogen and oxygen atoms in total. The van der Waals surface area contributed by atoms with Crippen molar-refractivity contribution in [3.8, 4) is 0 Å². The summed E-state index contributed by atoms with van der Waals surface area (Å²) in [6, 6.07) is 7.18. The lowest BCUT2D eigenvalue weighted by molar-refractivity contribution is -0.166. The van der Waals surface area contributed by atoms with E-state index in [-0.39, 0.29) is 6.61 Å². The largest absolute Gasteiger partial charge is 0.463 e. The van der Waals surface area contributed by atoms with Crippen molar-refractivity contribution in [1.29, 1.82) is 0 Å². The van der Waals surface area contributed by atoms with Crippen LogP contribution in [0.2, 0.25) is 0 Å². The van der Waals surface area contributed by atoms with Gasteiger partial charge in [0.05, 0.1) is 23.3 Å². The highest BCUT2D eigenvalue weighted by molar-refractivity contribution is 7.87. The van der Waals surface area contributed by atoms with Crippen molar-refractivity contribution >= 4 is 22.7 Å². The first-order valence-corrected chi connectivity index (χ1v) is 10.2. The number of ether oxygens (including phenoxy) is 3. The van der Waals surface area contributed by atoms with Gasteiger partial charge in [-0.25, -0.2) is 4.79 Å². The molecule has 1 aromatic rings. The molecule has 3 rings (SSSR count). The van der Waals surface area contributed by atoms with Gasteiger partial charge in [-0.2, -0.15) is 0 Å². The van der Waals surface area contributed by atoms with Crippen LogP contribution < -0.4 is 0 Å². The van der Waals surface area contributed by atoms with Crippen LogP contribution in [0.25, 0.3) is 0 Å². The van der Waals surface area contributed by atoms with Crippen molar-refractivity contribution in [3.05, 3.63) is 41.5 Å². The highest BCUT2D eigenvalue weighted by atomic mass is 32.2. The third-order valence-electron chi connectivity index (χ3n) is 5.10. The Labute approximate surface area is 161 Å². The van der Waals surface area contributed by atoms with Crippen LogP contribution in [-0.4, -0.2) is 40.4 Å². The standard InChI is InChI=1S/C20H24O6S/c1-5-24-17(21)15-11-13(4)20(16(15)18(25-6-2)26-19(20)22)27(23)14-9-7-12(3)8-10-14/h7-11,13,16,18H,5-6H2,1-4H3/t13-,16-,18+,20+,27-/m0/s1. The second kappa shape index (κ2) is 7.56. The van der Waals surface area contributed by atoms with Gasteiger partial charge in [-0.05, 0) is 32.9 Å². The van der Waals surface area contributed by atoms with Crippen molar-refractivity contribution in [2.24, 2.45) is 11.8 Å². The fraction of sp³-hybridized carbons (Fsp3) is 0.500. The summed E-state index contributed by atoms with van der Waals surface area (Å²) in [5.74, 6) is -2.38.